The van der Waals surface area contributed by atoms with Crippen molar-refractivity contribution in [2.45, 2.75) is 13.8 Å². The average Bonchev–Trinajstić information content (AvgIpc) is 2.76. The van der Waals surface area contributed by atoms with Crippen molar-refractivity contribution in [3.05, 3.63) is 10.9 Å². The van der Waals surface area contributed by atoms with Gasteiger partial charge >= 0.3 is 0 Å². The summed E-state index contributed by atoms with van der Waals surface area (Å²) in [5, 5.41) is 7.49. The van der Waals surface area contributed by atoms with Gasteiger partial charge < -0.3 is 15.4 Å². The molecule has 2 rings (SSSR count). The molecule has 1 atom stereocenters. The minimum absolute atomic E-state index is 0.438. The van der Waals surface area contributed by atoms with Crippen LogP contribution in [-0.4, -0.2) is 37.3 Å². The lowest BCUT2D eigenvalue weighted by atomic mass is 10.2. The first-order chi connectivity index (χ1) is 9.13. The van der Waals surface area contributed by atoms with Gasteiger partial charge in [-0.15, -0.1) is 11.3 Å². The largest absolute Gasteiger partial charge is 0.384 e. The standard InChI is InChI=1S/C13H20N4OS/c1-8(7-18-4)6-15-11-10-5-9(2)19-12(10)17-13(14-3)16-11/h5,8H,6-7H2,1-4H3,(H2,14,15,16,17). The third kappa shape index (κ3) is 3.33. The molecule has 5 nitrogen and oxygen atoms in total. The SMILES string of the molecule is CNc1nc(NCC(C)COC)c2cc(C)sc2n1. The number of methoxy groups -OCH3 is 1. The number of hydrogen-bond acceptors (Lipinski definition) is 6. The Kier molecular flexibility index (Phi) is 4.55. The number of aromatic nitrogens is 2. The molecular weight excluding hydrogens is 260 g/mol. The van der Waals surface area contributed by atoms with Gasteiger partial charge in [-0.05, 0) is 18.9 Å². The highest BCUT2D eigenvalue weighted by molar-refractivity contribution is 7.18. The summed E-state index contributed by atoms with van der Waals surface area (Å²) < 4.78 is 5.15. The Bertz CT molecular complexity index is 555. The molecule has 0 bridgehead atoms. The quantitative estimate of drug-likeness (QED) is 0.852. The van der Waals surface area contributed by atoms with Crippen molar-refractivity contribution in [2.24, 2.45) is 5.92 Å². The van der Waals surface area contributed by atoms with E-state index in [4.69, 9.17) is 4.74 Å². The molecule has 2 N–H and O–H groups in total. The molecule has 0 saturated heterocycles. The first kappa shape index (κ1) is 14.0. The summed E-state index contributed by atoms with van der Waals surface area (Å²) in [4.78, 5) is 11.2. The summed E-state index contributed by atoms with van der Waals surface area (Å²) in [7, 11) is 3.56. The zero-order valence-corrected chi connectivity index (χ0v) is 12.6. The predicted molar refractivity (Wildman–Crippen MR) is 81.2 cm³/mol. The summed E-state index contributed by atoms with van der Waals surface area (Å²) in [6.07, 6.45) is 0. The van der Waals surface area contributed by atoms with Crippen LogP contribution in [0.3, 0.4) is 0 Å². The Balaban J connectivity index is 2.24. The van der Waals surface area contributed by atoms with E-state index in [0.717, 1.165) is 29.2 Å². The molecule has 1 unspecified atom stereocenters. The number of aryl methyl sites for hydroxylation is 1. The zero-order valence-electron chi connectivity index (χ0n) is 11.8. The highest BCUT2D eigenvalue weighted by atomic mass is 32.1. The monoisotopic (exact) mass is 280 g/mol. The van der Waals surface area contributed by atoms with Crippen molar-refractivity contribution in [1.29, 1.82) is 0 Å². The summed E-state index contributed by atoms with van der Waals surface area (Å²) in [6, 6.07) is 2.13. The minimum Gasteiger partial charge on any atom is -0.384 e. The topological polar surface area (TPSA) is 59.1 Å². The molecule has 2 heterocycles. The molecule has 0 aliphatic carbocycles. The molecule has 0 saturated carbocycles. The van der Waals surface area contributed by atoms with Gasteiger partial charge in [0, 0.05) is 25.6 Å². The van der Waals surface area contributed by atoms with Crippen LogP contribution in [0.2, 0.25) is 0 Å². The third-order valence-corrected chi connectivity index (χ3v) is 3.75. The van der Waals surface area contributed by atoms with Gasteiger partial charge in [0.25, 0.3) is 0 Å². The number of nitrogens with zero attached hydrogens (tertiary/aromatic N) is 2. The van der Waals surface area contributed by atoms with Crippen molar-refractivity contribution in [3.8, 4) is 0 Å². The maximum Gasteiger partial charge on any atom is 0.225 e. The molecule has 0 aliphatic rings. The Hall–Kier alpha value is -1.40. The van der Waals surface area contributed by atoms with Crippen LogP contribution in [0.15, 0.2) is 6.07 Å². The number of ether oxygens (including phenoxy) is 1. The molecule has 0 aromatic carbocycles. The van der Waals surface area contributed by atoms with Gasteiger partial charge in [0.15, 0.2) is 0 Å². The fourth-order valence-corrected chi connectivity index (χ4v) is 2.78. The Labute approximate surface area is 117 Å². The van der Waals surface area contributed by atoms with E-state index in [0.29, 0.717) is 11.9 Å². The molecule has 0 spiro atoms. The van der Waals surface area contributed by atoms with Crippen molar-refractivity contribution < 1.29 is 4.74 Å². The maximum absolute atomic E-state index is 5.15. The molecule has 0 amide bonds. The lowest BCUT2D eigenvalue weighted by molar-refractivity contribution is 0.164. The molecule has 0 aliphatic heterocycles. The van der Waals surface area contributed by atoms with Gasteiger partial charge in [-0.2, -0.15) is 4.98 Å². The van der Waals surface area contributed by atoms with E-state index >= 15 is 0 Å². The first-order valence-corrected chi connectivity index (χ1v) is 7.14. The fraction of sp³-hybridized carbons (Fsp3) is 0.538. The summed E-state index contributed by atoms with van der Waals surface area (Å²) in [5.74, 6) is 1.98. The van der Waals surface area contributed by atoms with Crippen molar-refractivity contribution in [2.75, 3.05) is 37.9 Å². The third-order valence-electron chi connectivity index (χ3n) is 2.81. The molecule has 19 heavy (non-hydrogen) atoms. The van der Waals surface area contributed by atoms with Crippen LogP contribution in [0, 0.1) is 12.8 Å². The van der Waals surface area contributed by atoms with Gasteiger partial charge in [0.1, 0.15) is 10.6 Å². The number of anilines is 2. The number of rotatable bonds is 6. The van der Waals surface area contributed by atoms with E-state index in [9.17, 15) is 0 Å². The summed E-state index contributed by atoms with van der Waals surface area (Å²) >= 11 is 1.68. The van der Waals surface area contributed by atoms with Gasteiger partial charge in [-0.25, -0.2) is 4.98 Å². The van der Waals surface area contributed by atoms with Crippen LogP contribution < -0.4 is 10.6 Å². The fourth-order valence-electron chi connectivity index (χ4n) is 1.90. The van der Waals surface area contributed by atoms with Gasteiger partial charge in [0.2, 0.25) is 5.95 Å². The number of thiophene rings is 1. The molecule has 2 aromatic rings. The molecule has 6 heteroatoms. The van der Waals surface area contributed by atoms with E-state index in [2.05, 4.69) is 40.5 Å². The molecular formula is C13H20N4OS. The van der Waals surface area contributed by atoms with Crippen LogP contribution in [-0.2, 0) is 4.74 Å². The maximum atomic E-state index is 5.15. The second kappa shape index (κ2) is 6.16. The van der Waals surface area contributed by atoms with Gasteiger partial charge in [0.05, 0.1) is 12.0 Å². The van der Waals surface area contributed by atoms with E-state index in [-0.39, 0.29) is 0 Å². The Morgan fingerprint density at radius 2 is 2.21 bits per heavy atom. The number of hydrogen-bond donors (Lipinski definition) is 2. The van der Waals surface area contributed by atoms with Crippen molar-refractivity contribution in [3.63, 3.8) is 0 Å². The predicted octanol–water partition coefficient (Wildman–Crippen LogP) is 2.74. The highest BCUT2D eigenvalue weighted by Gasteiger charge is 2.11. The number of fused-ring (bicyclic) bond motifs is 1. The van der Waals surface area contributed by atoms with E-state index in [1.807, 2.05) is 7.05 Å². The van der Waals surface area contributed by atoms with E-state index < -0.39 is 0 Å². The van der Waals surface area contributed by atoms with Crippen molar-refractivity contribution >= 4 is 33.3 Å². The van der Waals surface area contributed by atoms with Crippen molar-refractivity contribution in [1.82, 2.24) is 9.97 Å². The number of nitrogens with one attached hydrogen (secondary N) is 2. The van der Waals surface area contributed by atoms with Crippen LogP contribution in [0.5, 0.6) is 0 Å². The Morgan fingerprint density at radius 1 is 1.42 bits per heavy atom. The average molecular weight is 280 g/mol. The summed E-state index contributed by atoms with van der Waals surface area (Å²) in [5.41, 5.74) is 0. The lowest BCUT2D eigenvalue weighted by Gasteiger charge is -2.13. The highest BCUT2D eigenvalue weighted by Crippen LogP contribution is 2.29. The minimum atomic E-state index is 0.438. The lowest BCUT2D eigenvalue weighted by Crippen LogP contribution is -2.17. The van der Waals surface area contributed by atoms with E-state index in [1.54, 1.807) is 18.4 Å². The zero-order chi connectivity index (χ0) is 13.8. The molecule has 2 aromatic heterocycles. The van der Waals surface area contributed by atoms with Crippen LogP contribution >= 0.6 is 11.3 Å². The molecule has 104 valence electrons. The smallest absolute Gasteiger partial charge is 0.225 e. The molecule has 0 fully saturated rings. The van der Waals surface area contributed by atoms with Crippen LogP contribution in [0.1, 0.15) is 11.8 Å². The first-order valence-electron chi connectivity index (χ1n) is 6.32. The van der Waals surface area contributed by atoms with E-state index in [1.165, 1.54) is 4.88 Å². The summed E-state index contributed by atoms with van der Waals surface area (Å²) in [6.45, 7) is 5.80. The Morgan fingerprint density at radius 3 is 2.89 bits per heavy atom. The van der Waals surface area contributed by atoms with Gasteiger partial charge in [-0.3, -0.25) is 0 Å². The van der Waals surface area contributed by atoms with Gasteiger partial charge in [-0.1, -0.05) is 6.92 Å². The molecule has 0 radical (unpaired) electrons. The second-order valence-electron chi connectivity index (χ2n) is 4.66. The van der Waals surface area contributed by atoms with Crippen LogP contribution in [0.25, 0.3) is 10.2 Å². The second-order valence-corrected chi connectivity index (χ2v) is 5.90. The van der Waals surface area contributed by atoms with Crippen LogP contribution in [0.4, 0.5) is 11.8 Å². The normalized spacial score (nSPS) is 12.6.